The Kier molecular flexibility index (Phi) is 6.99. The van der Waals surface area contributed by atoms with Crippen LogP contribution in [0.3, 0.4) is 0 Å². The normalized spacial score (nSPS) is 13.9. The van der Waals surface area contributed by atoms with Gasteiger partial charge in [-0.05, 0) is 43.2 Å². The molecule has 2 aromatic rings. The molecule has 154 valence electrons. The number of carbonyl (C=O) groups is 2. The smallest absolute Gasteiger partial charge is 0.409 e. The molecule has 0 atom stereocenters. The molecule has 0 radical (unpaired) electrons. The van der Waals surface area contributed by atoms with Gasteiger partial charge in [0.25, 0.3) is 5.91 Å². The van der Waals surface area contributed by atoms with E-state index in [0.29, 0.717) is 45.0 Å². The number of rotatable bonds is 6. The Morgan fingerprint density at radius 3 is 2.45 bits per heavy atom. The number of nitrogens with zero attached hydrogens (tertiary/aromatic N) is 5. The molecule has 8 nitrogen and oxygen atoms in total. The van der Waals surface area contributed by atoms with E-state index in [9.17, 15) is 9.59 Å². The molecule has 2 amide bonds. The Morgan fingerprint density at radius 2 is 1.83 bits per heavy atom. The number of aromatic nitrogens is 2. The molecule has 0 aliphatic carbocycles. The van der Waals surface area contributed by atoms with Crippen molar-refractivity contribution in [3.05, 3.63) is 54.1 Å². The third-order valence-corrected chi connectivity index (χ3v) is 4.97. The summed E-state index contributed by atoms with van der Waals surface area (Å²) in [5.41, 5.74) is 2.52. The fraction of sp³-hybridized carbons (Fsp3) is 0.429. The van der Waals surface area contributed by atoms with Crippen LogP contribution in [0.5, 0.6) is 0 Å². The number of carbonyl (C=O) groups excluding carboxylic acids is 2. The van der Waals surface area contributed by atoms with Crippen molar-refractivity contribution in [2.75, 3.05) is 51.3 Å². The first-order chi connectivity index (χ1) is 14.1. The van der Waals surface area contributed by atoms with Crippen LogP contribution in [0.15, 0.2) is 42.9 Å². The predicted octanol–water partition coefficient (Wildman–Crippen LogP) is 2.07. The van der Waals surface area contributed by atoms with Crippen molar-refractivity contribution in [1.29, 1.82) is 0 Å². The van der Waals surface area contributed by atoms with Gasteiger partial charge in [0, 0.05) is 52.2 Å². The summed E-state index contributed by atoms with van der Waals surface area (Å²) in [5.74, 6) is -0.0993. The van der Waals surface area contributed by atoms with E-state index >= 15 is 0 Å². The van der Waals surface area contributed by atoms with Gasteiger partial charge in [-0.15, -0.1) is 0 Å². The molecule has 0 saturated carbocycles. The van der Waals surface area contributed by atoms with Gasteiger partial charge in [0.2, 0.25) is 0 Å². The van der Waals surface area contributed by atoms with E-state index < -0.39 is 0 Å². The Balaban J connectivity index is 1.52. The van der Waals surface area contributed by atoms with Crippen LogP contribution in [-0.4, -0.2) is 78.1 Å². The summed E-state index contributed by atoms with van der Waals surface area (Å²) in [5, 5.41) is 0. The Morgan fingerprint density at radius 1 is 1.10 bits per heavy atom. The van der Waals surface area contributed by atoms with Crippen LogP contribution in [0.25, 0.3) is 0 Å². The van der Waals surface area contributed by atoms with Gasteiger partial charge in [0.1, 0.15) is 5.69 Å². The molecule has 1 aliphatic heterocycles. The molecule has 0 unspecified atom stereocenters. The molecule has 0 aromatic carbocycles. The van der Waals surface area contributed by atoms with Crippen molar-refractivity contribution in [3.63, 3.8) is 0 Å². The zero-order valence-electron chi connectivity index (χ0n) is 17.0. The Hall–Kier alpha value is -3.16. The van der Waals surface area contributed by atoms with Crippen molar-refractivity contribution < 1.29 is 14.3 Å². The quantitative estimate of drug-likeness (QED) is 0.743. The van der Waals surface area contributed by atoms with Gasteiger partial charge < -0.3 is 19.4 Å². The number of hydrogen-bond acceptors (Lipinski definition) is 6. The Labute approximate surface area is 171 Å². The first-order valence-electron chi connectivity index (χ1n) is 9.85. The van der Waals surface area contributed by atoms with Crippen molar-refractivity contribution >= 4 is 17.7 Å². The van der Waals surface area contributed by atoms with Gasteiger partial charge in [-0.25, -0.2) is 9.78 Å². The maximum atomic E-state index is 12.6. The van der Waals surface area contributed by atoms with E-state index in [1.165, 1.54) is 0 Å². The predicted molar refractivity (Wildman–Crippen MR) is 110 cm³/mol. The number of piperazine rings is 1. The maximum absolute atomic E-state index is 12.6. The minimum atomic E-state index is -0.263. The molecule has 1 saturated heterocycles. The standard InChI is InChI=1S/C21H27N5O3/c1-3-29-21(28)26-14-12-25(13-15-26)18-4-5-19(23-16-18)20(27)24(2)11-8-17-6-9-22-10-7-17/h4-7,9-10,16H,3,8,11-15H2,1-2H3. The highest BCUT2D eigenvalue weighted by Gasteiger charge is 2.22. The lowest BCUT2D eigenvalue weighted by molar-refractivity contribution is 0.0790. The summed E-state index contributed by atoms with van der Waals surface area (Å²) >= 11 is 0. The second-order valence-corrected chi connectivity index (χ2v) is 6.91. The van der Waals surface area contributed by atoms with Crippen molar-refractivity contribution in [1.82, 2.24) is 19.8 Å². The summed E-state index contributed by atoms with van der Waals surface area (Å²) < 4.78 is 5.05. The molecule has 1 aliphatic rings. The number of likely N-dealkylation sites (N-methyl/N-ethyl adjacent to an activating group) is 1. The second-order valence-electron chi connectivity index (χ2n) is 6.91. The molecule has 3 rings (SSSR count). The highest BCUT2D eigenvalue weighted by atomic mass is 16.6. The lowest BCUT2D eigenvalue weighted by Crippen LogP contribution is -2.49. The fourth-order valence-electron chi connectivity index (χ4n) is 3.20. The van der Waals surface area contributed by atoms with E-state index in [1.807, 2.05) is 18.2 Å². The van der Waals surface area contributed by atoms with E-state index in [-0.39, 0.29) is 12.0 Å². The molecule has 3 heterocycles. The van der Waals surface area contributed by atoms with Gasteiger partial charge in [0.15, 0.2) is 0 Å². The minimum absolute atomic E-state index is 0.0993. The number of ether oxygens (including phenoxy) is 1. The summed E-state index contributed by atoms with van der Waals surface area (Å²) in [6.07, 6.45) is 5.74. The molecule has 2 aromatic heterocycles. The van der Waals surface area contributed by atoms with Crippen LogP contribution < -0.4 is 4.90 Å². The second kappa shape index (κ2) is 9.86. The van der Waals surface area contributed by atoms with E-state index in [1.54, 1.807) is 48.4 Å². The molecule has 29 heavy (non-hydrogen) atoms. The lowest BCUT2D eigenvalue weighted by atomic mass is 10.2. The van der Waals surface area contributed by atoms with Crippen LogP contribution >= 0.6 is 0 Å². The average Bonchev–Trinajstić information content (AvgIpc) is 2.78. The molecular formula is C21H27N5O3. The number of anilines is 1. The van der Waals surface area contributed by atoms with Gasteiger partial charge in [-0.2, -0.15) is 0 Å². The lowest BCUT2D eigenvalue weighted by Gasteiger charge is -2.35. The number of hydrogen-bond donors (Lipinski definition) is 0. The molecule has 0 spiro atoms. The van der Waals surface area contributed by atoms with Gasteiger partial charge in [-0.3, -0.25) is 9.78 Å². The molecule has 8 heteroatoms. The molecule has 0 N–H and O–H groups in total. The summed E-state index contributed by atoms with van der Waals surface area (Å²) in [6.45, 7) is 5.44. The van der Waals surface area contributed by atoms with Crippen LogP contribution in [0.2, 0.25) is 0 Å². The monoisotopic (exact) mass is 397 g/mol. The third kappa shape index (κ3) is 5.43. The van der Waals surface area contributed by atoms with E-state index in [4.69, 9.17) is 4.74 Å². The van der Waals surface area contributed by atoms with Crippen molar-refractivity contribution in [2.24, 2.45) is 0 Å². The highest BCUT2D eigenvalue weighted by molar-refractivity contribution is 5.92. The molecule has 0 bridgehead atoms. The first kappa shape index (κ1) is 20.6. The summed E-state index contributed by atoms with van der Waals surface area (Å²) in [7, 11) is 1.79. The van der Waals surface area contributed by atoms with Gasteiger partial charge in [-0.1, -0.05) is 0 Å². The van der Waals surface area contributed by atoms with Crippen molar-refractivity contribution in [2.45, 2.75) is 13.3 Å². The largest absolute Gasteiger partial charge is 0.450 e. The molecule has 1 fully saturated rings. The van der Waals surface area contributed by atoms with Crippen LogP contribution in [0.1, 0.15) is 23.0 Å². The van der Waals surface area contributed by atoms with Gasteiger partial charge >= 0.3 is 6.09 Å². The highest BCUT2D eigenvalue weighted by Crippen LogP contribution is 2.16. The zero-order valence-corrected chi connectivity index (χ0v) is 17.0. The minimum Gasteiger partial charge on any atom is -0.450 e. The van der Waals surface area contributed by atoms with Crippen LogP contribution in [-0.2, 0) is 11.2 Å². The Bertz CT molecular complexity index is 805. The SMILES string of the molecule is CCOC(=O)N1CCN(c2ccc(C(=O)N(C)CCc3ccncc3)nc2)CC1. The van der Waals surface area contributed by atoms with Gasteiger partial charge in [0.05, 0.1) is 18.5 Å². The van der Waals surface area contributed by atoms with Crippen molar-refractivity contribution in [3.8, 4) is 0 Å². The maximum Gasteiger partial charge on any atom is 0.409 e. The molecular weight excluding hydrogens is 370 g/mol. The third-order valence-electron chi connectivity index (χ3n) is 4.97. The van der Waals surface area contributed by atoms with Crippen LogP contribution in [0, 0.1) is 0 Å². The van der Waals surface area contributed by atoms with E-state index in [2.05, 4.69) is 14.9 Å². The summed E-state index contributed by atoms with van der Waals surface area (Å²) in [6, 6.07) is 7.58. The number of pyridine rings is 2. The zero-order chi connectivity index (χ0) is 20.6. The fourth-order valence-corrected chi connectivity index (χ4v) is 3.20. The average molecular weight is 397 g/mol. The van der Waals surface area contributed by atoms with Crippen LogP contribution in [0.4, 0.5) is 10.5 Å². The summed E-state index contributed by atoms with van der Waals surface area (Å²) in [4.78, 5) is 38.3. The van der Waals surface area contributed by atoms with E-state index in [0.717, 1.165) is 17.7 Å². The number of amides is 2. The topological polar surface area (TPSA) is 78.9 Å². The first-order valence-corrected chi connectivity index (χ1v) is 9.85.